The van der Waals surface area contributed by atoms with E-state index >= 15 is 0 Å². The molecule has 0 aliphatic rings. The second kappa shape index (κ2) is 5.43. The number of rotatable bonds is 2. The number of benzene rings is 1. The Morgan fingerprint density at radius 2 is 2.00 bits per heavy atom. The van der Waals surface area contributed by atoms with Crippen LogP contribution in [0.15, 0.2) is 30.3 Å². The van der Waals surface area contributed by atoms with Gasteiger partial charge < -0.3 is 0 Å². The van der Waals surface area contributed by atoms with Gasteiger partial charge in [-0.1, -0.05) is 37.0 Å². The summed E-state index contributed by atoms with van der Waals surface area (Å²) in [5.41, 5.74) is 1.11. The van der Waals surface area contributed by atoms with Crippen LogP contribution < -0.4 is 0 Å². The molecule has 0 amide bonds. The summed E-state index contributed by atoms with van der Waals surface area (Å²) in [6, 6.07) is 10.1. The number of unbranched alkanes of at least 4 members (excludes halogenated alkanes) is 2. The van der Waals surface area contributed by atoms with Gasteiger partial charge in [-0.3, -0.25) is 0 Å². The molecule has 0 saturated carbocycles. The summed E-state index contributed by atoms with van der Waals surface area (Å²) in [6.45, 7) is 2.06. The summed E-state index contributed by atoms with van der Waals surface area (Å²) in [4.78, 5) is 0. The zero-order chi connectivity index (χ0) is 8.65. The molecule has 0 saturated heterocycles. The molecule has 1 radical (unpaired) electrons. The third-order valence-electron chi connectivity index (χ3n) is 1.56. The smallest absolute Gasteiger partial charge is 0.0245 e. The highest BCUT2D eigenvalue weighted by atomic mass is 13.8. The fraction of sp³-hybridized carbons (Fsp3) is 0.250. The molecule has 0 heterocycles. The van der Waals surface area contributed by atoms with Crippen LogP contribution in [0.25, 0.3) is 0 Å². The fourth-order valence-electron chi connectivity index (χ4n) is 0.903. The minimum Gasteiger partial charge on any atom is -0.0979 e. The van der Waals surface area contributed by atoms with Crippen LogP contribution in [0.1, 0.15) is 25.3 Å². The maximum Gasteiger partial charge on any atom is 0.0245 e. The van der Waals surface area contributed by atoms with Crippen LogP contribution in [-0.2, 0) is 0 Å². The van der Waals surface area contributed by atoms with Gasteiger partial charge >= 0.3 is 0 Å². The first-order valence-corrected chi connectivity index (χ1v) is 4.25. The summed E-state index contributed by atoms with van der Waals surface area (Å²) in [7, 11) is 0. The molecular weight excluding hydrogens is 144 g/mol. The Kier molecular flexibility index (Phi) is 4.02. The van der Waals surface area contributed by atoms with Crippen molar-refractivity contribution >= 4 is 0 Å². The topological polar surface area (TPSA) is 0 Å². The summed E-state index contributed by atoms with van der Waals surface area (Å²) in [6.07, 6.45) is 4.19. The van der Waals surface area contributed by atoms with Gasteiger partial charge in [-0.25, -0.2) is 0 Å². The average molecular weight is 157 g/mol. The fourth-order valence-corrected chi connectivity index (χ4v) is 0.903. The van der Waals surface area contributed by atoms with Crippen molar-refractivity contribution in [3.8, 4) is 11.8 Å². The van der Waals surface area contributed by atoms with Crippen LogP contribution in [-0.4, -0.2) is 0 Å². The molecule has 1 aromatic carbocycles. The minimum atomic E-state index is 0.964. The highest BCUT2D eigenvalue weighted by Gasteiger charge is 1.80. The van der Waals surface area contributed by atoms with Gasteiger partial charge in [0.2, 0.25) is 0 Å². The van der Waals surface area contributed by atoms with Crippen LogP contribution in [0.3, 0.4) is 0 Å². The number of hydrogen-bond acceptors (Lipinski definition) is 0. The molecule has 0 nitrogen and oxygen atoms in total. The van der Waals surface area contributed by atoms with Crippen LogP contribution in [0, 0.1) is 18.3 Å². The third-order valence-corrected chi connectivity index (χ3v) is 1.56. The van der Waals surface area contributed by atoms with E-state index in [2.05, 4.69) is 25.2 Å². The summed E-state index contributed by atoms with van der Waals surface area (Å²) in [5, 5.41) is 0. The van der Waals surface area contributed by atoms with E-state index in [-0.39, 0.29) is 0 Å². The molecule has 61 valence electrons. The van der Waals surface area contributed by atoms with Gasteiger partial charge in [0, 0.05) is 12.0 Å². The molecule has 0 bridgehead atoms. The molecule has 0 atom stereocenters. The van der Waals surface area contributed by atoms with Gasteiger partial charge in [0.05, 0.1) is 0 Å². The monoisotopic (exact) mass is 157 g/mol. The Balaban J connectivity index is 2.44. The predicted molar refractivity (Wildman–Crippen MR) is 52.5 cm³/mol. The standard InChI is InChI=1S/C12H13/c1-2-3-4-6-9-12-10-7-5-8-11-12/h2,5,7-8,10-11H,3-4H2,1H3. The second-order valence-corrected chi connectivity index (χ2v) is 2.61. The van der Waals surface area contributed by atoms with E-state index in [1.807, 2.05) is 30.3 Å². The molecule has 0 aliphatic carbocycles. The molecule has 1 rings (SSSR count). The molecular formula is C12H13. The highest BCUT2D eigenvalue weighted by molar-refractivity contribution is 5.33. The van der Waals surface area contributed by atoms with Crippen molar-refractivity contribution in [2.75, 3.05) is 0 Å². The van der Waals surface area contributed by atoms with Gasteiger partial charge in [0.1, 0.15) is 0 Å². The summed E-state index contributed by atoms with van der Waals surface area (Å²) >= 11 is 0. The van der Waals surface area contributed by atoms with Crippen molar-refractivity contribution in [2.45, 2.75) is 19.8 Å². The molecule has 1 aromatic rings. The van der Waals surface area contributed by atoms with Gasteiger partial charge in [-0.2, -0.15) is 0 Å². The largest absolute Gasteiger partial charge is 0.0979 e. The van der Waals surface area contributed by atoms with Gasteiger partial charge in [0.25, 0.3) is 0 Å². The SMILES string of the molecule is C[CH]CCC#Cc1ccccc1. The zero-order valence-corrected chi connectivity index (χ0v) is 7.38. The lowest BCUT2D eigenvalue weighted by molar-refractivity contribution is 0.997. The lowest BCUT2D eigenvalue weighted by Gasteiger charge is -1.86. The number of hydrogen-bond donors (Lipinski definition) is 0. The van der Waals surface area contributed by atoms with E-state index in [0.29, 0.717) is 0 Å². The average Bonchev–Trinajstić information content (AvgIpc) is 2.14. The van der Waals surface area contributed by atoms with Gasteiger partial charge in [-0.15, -0.1) is 0 Å². The third kappa shape index (κ3) is 3.25. The van der Waals surface area contributed by atoms with Crippen molar-refractivity contribution in [3.05, 3.63) is 42.3 Å². The zero-order valence-electron chi connectivity index (χ0n) is 7.38. The lowest BCUT2D eigenvalue weighted by atomic mass is 10.2. The van der Waals surface area contributed by atoms with E-state index < -0.39 is 0 Å². The maximum atomic E-state index is 3.12. The normalized spacial score (nSPS) is 8.75. The first kappa shape index (κ1) is 8.87. The van der Waals surface area contributed by atoms with Crippen molar-refractivity contribution in [1.82, 2.24) is 0 Å². The Labute approximate surface area is 74.6 Å². The van der Waals surface area contributed by atoms with Crippen molar-refractivity contribution in [1.29, 1.82) is 0 Å². The summed E-state index contributed by atoms with van der Waals surface area (Å²) < 4.78 is 0. The Morgan fingerprint density at radius 1 is 1.25 bits per heavy atom. The first-order chi connectivity index (χ1) is 5.93. The van der Waals surface area contributed by atoms with Crippen LogP contribution in [0.4, 0.5) is 0 Å². The minimum absolute atomic E-state index is 0.964. The van der Waals surface area contributed by atoms with Crippen LogP contribution in [0.5, 0.6) is 0 Å². The molecule has 0 spiro atoms. The first-order valence-electron chi connectivity index (χ1n) is 4.25. The molecule has 0 fully saturated rings. The van der Waals surface area contributed by atoms with E-state index in [4.69, 9.17) is 0 Å². The van der Waals surface area contributed by atoms with Crippen LogP contribution >= 0.6 is 0 Å². The van der Waals surface area contributed by atoms with E-state index in [0.717, 1.165) is 18.4 Å². The van der Waals surface area contributed by atoms with Crippen molar-refractivity contribution in [2.24, 2.45) is 0 Å². The molecule has 0 aromatic heterocycles. The molecule has 0 heteroatoms. The van der Waals surface area contributed by atoms with E-state index in [9.17, 15) is 0 Å². The molecule has 0 aliphatic heterocycles. The molecule has 0 N–H and O–H groups in total. The summed E-state index contributed by atoms with van der Waals surface area (Å²) in [5.74, 6) is 6.23. The van der Waals surface area contributed by atoms with E-state index in [1.165, 1.54) is 0 Å². The van der Waals surface area contributed by atoms with Crippen molar-refractivity contribution in [3.63, 3.8) is 0 Å². The Hall–Kier alpha value is -1.22. The maximum absolute atomic E-state index is 3.12. The Bertz CT molecular complexity index is 261. The van der Waals surface area contributed by atoms with Gasteiger partial charge in [0.15, 0.2) is 0 Å². The Morgan fingerprint density at radius 3 is 2.67 bits per heavy atom. The van der Waals surface area contributed by atoms with Gasteiger partial charge in [-0.05, 0) is 25.0 Å². The quantitative estimate of drug-likeness (QED) is 0.457. The molecule has 12 heavy (non-hydrogen) atoms. The second-order valence-electron chi connectivity index (χ2n) is 2.61. The highest BCUT2D eigenvalue weighted by Crippen LogP contribution is 1.96. The van der Waals surface area contributed by atoms with Crippen molar-refractivity contribution < 1.29 is 0 Å². The van der Waals surface area contributed by atoms with E-state index in [1.54, 1.807) is 0 Å². The lowest BCUT2D eigenvalue weighted by Crippen LogP contribution is -1.72. The van der Waals surface area contributed by atoms with Crippen LogP contribution in [0.2, 0.25) is 0 Å². The molecule has 0 unspecified atom stereocenters. The predicted octanol–water partition coefficient (Wildman–Crippen LogP) is 3.04.